The molecule has 0 radical (unpaired) electrons. The van der Waals surface area contributed by atoms with E-state index in [0.717, 1.165) is 5.76 Å². The topological polar surface area (TPSA) is 51.5 Å². The lowest BCUT2D eigenvalue weighted by Gasteiger charge is -2.13. The molecule has 3 aromatic carbocycles. The fraction of sp³-hybridized carbons (Fsp3) is 0.148. The average molecular weight is 478 g/mol. The summed E-state index contributed by atoms with van der Waals surface area (Å²) in [4.78, 5) is 13.9. The first-order chi connectivity index (χ1) is 16.0. The van der Waals surface area contributed by atoms with Gasteiger partial charge in [-0.3, -0.25) is 4.79 Å². The smallest absolute Gasteiger partial charge is 0.287 e. The molecule has 4 aromatic rings. The molecule has 33 heavy (non-hydrogen) atoms. The minimum absolute atomic E-state index is 0.216. The van der Waals surface area contributed by atoms with Crippen LogP contribution in [0.15, 0.2) is 88.2 Å². The van der Waals surface area contributed by atoms with Crippen molar-refractivity contribution in [1.82, 2.24) is 5.32 Å². The highest BCUT2D eigenvalue weighted by atomic mass is 35.5. The number of furan rings is 1. The summed E-state index contributed by atoms with van der Waals surface area (Å²) in [5.41, 5.74) is 3.17. The SMILES string of the molecule is Cc1cccc(C)c1SCc1ccc(C(=O)NCc2c(Cl)cccc2Oc2ccccc2)o1. The highest BCUT2D eigenvalue weighted by molar-refractivity contribution is 7.98. The third kappa shape index (κ3) is 5.81. The quantitative estimate of drug-likeness (QED) is 0.266. The maximum atomic E-state index is 12.7. The number of para-hydroxylation sites is 1. The monoisotopic (exact) mass is 477 g/mol. The van der Waals surface area contributed by atoms with Crippen LogP contribution in [0.1, 0.15) is 33.0 Å². The molecule has 1 N–H and O–H groups in total. The highest BCUT2D eigenvalue weighted by Crippen LogP contribution is 2.31. The molecular formula is C27H24ClNO3S. The van der Waals surface area contributed by atoms with Gasteiger partial charge in [-0.05, 0) is 61.4 Å². The summed E-state index contributed by atoms with van der Waals surface area (Å²) in [6.45, 7) is 4.41. The molecule has 0 saturated carbocycles. The molecule has 1 amide bonds. The second kappa shape index (κ2) is 10.6. The van der Waals surface area contributed by atoms with Gasteiger partial charge in [-0.2, -0.15) is 0 Å². The Kier molecular flexibility index (Phi) is 7.43. The molecule has 0 unspecified atom stereocenters. The van der Waals surface area contributed by atoms with E-state index in [-0.39, 0.29) is 18.2 Å². The predicted molar refractivity (Wildman–Crippen MR) is 133 cm³/mol. The molecule has 0 spiro atoms. The number of thioether (sulfide) groups is 1. The van der Waals surface area contributed by atoms with Crippen LogP contribution in [0.25, 0.3) is 0 Å². The van der Waals surface area contributed by atoms with Crippen molar-refractivity contribution in [3.63, 3.8) is 0 Å². The van der Waals surface area contributed by atoms with Gasteiger partial charge in [0.05, 0.1) is 5.75 Å². The van der Waals surface area contributed by atoms with Crippen molar-refractivity contribution >= 4 is 29.3 Å². The van der Waals surface area contributed by atoms with Gasteiger partial charge in [-0.25, -0.2) is 0 Å². The molecule has 4 nitrogen and oxygen atoms in total. The molecular weight excluding hydrogens is 454 g/mol. The van der Waals surface area contributed by atoms with Crippen LogP contribution < -0.4 is 10.1 Å². The molecule has 0 fully saturated rings. The summed E-state index contributed by atoms with van der Waals surface area (Å²) in [6, 6.07) is 24.7. The number of hydrogen-bond donors (Lipinski definition) is 1. The molecule has 168 valence electrons. The van der Waals surface area contributed by atoms with Crippen LogP contribution in [-0.4, -0.2) is 5.91 Å². The number of halogens is 1. The van der Waals surface area contributed by atoms with Crippen molar-refractivity contribution < 1.29 is 13.9 Å². The number of benzene rings is 3. The number of carbonyl (C=O) groups is 1. The Morgan fingerprint density at radius 2 is 1.67 bits per heavy atom. The standard InChI is InChI=1S/C27H24ClNO3S/c1-18-8-6-9-19(2)26(18)33-17-21-14-15-25(32-21)27(30)29-16-22-23(28)12-7-13-24(22)31-20-10-4-3-5-11-20/h3-15H,16-17H2,1-2H3,(H,29,30). The lowest BCUT2D eigenvalue weighted by Crippen LogP contribution is -2.22. The van der Waals surface area contributed by atoms with Crippen molar-refractivity contribution in [2.24, 2.45) is 0 Å². The normalized spacial score (nSPS) is 10.8. The molecule has 6 heteroatoms. The van der Waals surface area contributed by atoms with Gasteiger partial charge in [0.25, 0.3) is 5.91 Å². The number of carbonyl (C=O) groups excluding carboxylic acids is 1. The summed E-state index contributed by atoms with van der Waals surface area (Å²) in [7, 11) is 0. The van der Waals surface area contributed by atoms with Crippen molar-refractivity contribution in [2.75, 3.05) is 0 Å². The maximum absolute atomic E-state index is 12.7. The molecule has 0 atom stereocenters. The van der Waals surface area contributed by atoms with Crippen LogP contribution in [0.5, 0.6) is 11.5 Å². The van der Waals surface area contributed by atoms with E-state index >= 15 is 0 Å². The largest absolute Gasteiger partial charge is 0.457 e. The van der Waals surface area contributed by atoms with E-state index in [9.17, 15) is 4.79 Å². The number of aryl methyl sites for hydroxylation is 2. The summed E-state index contributed by atoms with van der Waals surface area (Å²) in [6.07, 6.45) is 0. The zero-order chi connectivity index (χ0) is 23.2. The number of ether oxygens (including phenoxy) is 1. The first-order valence-electron chi connectivity index (χ1n) is 10.6. The summed E-state index contributed by atoms with van der Waals surface area (Å²) < 4.78 is 11.8. The Morgan fingerprint density at radius 3 is 2.42 bits per heavy atom. The zero-order valence-electron chi connectivity index (χ0n) is 18.4. The van der Waals surface area contributed by atoms with E-state index in [1.807, 2.05) is 48.5 Å². The van der Waals surface area contributed by atoms with Crippen molar-refractivity contribution in [2.45, 2.75) is 31.0 Å². The van der Waals surface area contributed by atoms with Crippen molar-refractivity contribution in [1.29, 1.82) is 0 Å². The van der Waals surface area contributed by atoms with Gasteiger partial charge < -0.3 is 14.5 Å². The van der Waals surface area contributed by atoms with Crippen LogP contribution in [-0.2, 0) is 12.3 Å². The predicted octanol–water partition coefficient (Wildman–Crippen LogP) is 7.56. The lowest BCUT2D eigenvalue weighted by atomic mass is 10.2. The van der Waals surface area contributed by atoms with E-state index in [2.05, 4.69) is 37.4 Å². The van der Waals surface area contributed by atoms with Gasteiger partial charge in [0.2, 0.25) is 0 Å². The Labute approximate surface area is 202 Å². The van der Waals surface area contributed by atoms with Crippen LogP contribution in [0.2, 0.25) is 5.02 Å². The first kappa shape index (κ1) is 23.0. The molecule has 0 aliphatic carbocycles. The van der Waals surface area contributed by atoms with Crippen molar-refractivity contribution in [3.05, 3.63) is 112 Å². The third-order valence-electron chi connectivity index (χ3n) is 5.13. The van der Waals surface area contributed by atoms with E-state index in [4.69, 9.17) is 20.8 Å². The second-order valence-corrected chi connectivity index (χ2v) is 8.98. The van der Waals surface area contributed by atoms with Crippen LogP contribution >= 0.6 is 23.4 Å². The molecule has 0 bridgehead atoms. The van der Waals surface area contributed by atoms with E-state index in [0.29, 0.717) is 27.8 Å². The van der Waals surface area contributed by atoms with E-state index < -0.39 is 0 Å². The molecule has 0 aliphatic heterocycles. The summed E-state index contributed by atoms with van der Waals surface area (Å²) in [5, 5.41) is 3.41. The number of rotatable bonds is 8. The van der Waals surface area contributed by atoms with Gasteiger partial charge in [0.15, 0.2) is 5.76 Å². The highest BCUT2D eigenvalue weighted by Gasteiger charge is 2.15. The fourth-order valence-electron chi connectivity index (χ4n) is 3.42. The van der Waals surface area contributed by atoms with Crippen LogP contribution in [0.4, 0.5) is 0 Å². The van der Waals surface area contributed by atoms with Gasteiger partial charge >= 0.3 is 0 Å². The lowest BCUT2D eigenvalue weighted by molar-refractivity contribution is 0.0921. The number of amides is 1. The Balaban J connectivity index is 1.39. The van der Waals surface area contributed by atoms with Gasteiger partial charge in [-0.15, -0.1) is 11.8 Å². The molecule has 0 aliphatic rings. The minimum Gasteiger partial charge on any atom is -0.457 e. The number of nitrogens with one attached hydrogen (secondary N) is 1. The number of hydrogen-bond acceptors (Lipinski definition) is 4. The Bertz CT molecular complexity index is 1230. The van der Waals surface area contributed by atoms with Crippen LogP contribution in [0.3, 0.4) is 0 Å². The second-order valence-electron chi connectivity index (χ2n) is 7.59. The fourth-order valence-corrected chi connectivity index (χ4v) is 4.69. The third-order valence-corrected chi connectivity index (χ3v) is 6.84. The van der Waals surface area contributed by atoms with Gasteiger partial charge in [0, 0.05) is 22.0 Å². The Hall–Kier alpha value is -3.15. The summed E-state index contributed by atoms with van der Waals surface area (Å²) >= 11 is 8.10. The van der Waals surface area contributed by atoms with Gasteiger partial charge in [-0.1, -0.05) is 54.1 Å². The van der Waals surface area contributed by atoms with Crippen LogP contribution in [0, 0.1) is 13.8 Å². The molecule has 1 aromatic heterocycles. The van der Waals surface area contributed by atoms with Gasteiger partial charge in [0.1, 0.15) is 17.3 Å². The van der Waals surface area contributed by atoms with E-state index in [1.54, 1.807) is 23.9 Å². The van der Waals surface area contributed by atoms with Crippen molar-refractivity contribution in [3.8, 4) is 11.5 Å². The molecule has 4 rings (SSSR count). The maximum Gasteiger partial charge on any atom is 0.287 e. The minimum atomic E-state index is -0.302. The average Bonchev–Trinajstić information content (AvgIpc) is 3.28. The molecule has 0 saturated heterocycles. The first-order valence-corrected chi connectivity index (χ1v) is 11.9. The zero-order valence-corrected chi connectivity index (χ0v) is 20.0. The molecule has 1 heterocycles. The Morgan fingerprint density at radius 1 is 0.939 bits per heavy atom. The van der Waals surface area contributed by atoms with E-state index in [1.165, 1.54) is 16.0 Å². The summed E-state index contributed by atoms with van der Waals surface area (Å²) in [5.74, 6) is 2.66.